The van der Waals surface area contributed by atoms with E-state index in [4.69, 9.17) is 10.2 Å². The molecule has 0 aliphatic rings. The van der Waals surface area contributed by atoms with Gasteiger partial charge in [-0.15, -0.1) is 0 Å². The molecule has 3 nitrogen and oxygen atoms in total. The molecule has 1 rings (SSSR count). The van der Waals surface area contributed by atoms with E-state index in [1.54, 1.807) is 12.1 Å². The summed E-state index contributed by atoms with van der Waals surface area (Å²) in [6.45, 7) is -0.0613. The number of benzene rings is 1. The summed E-state index contributed by atoms with van der Waals surface area (Å²) in [5.41, 5.74) is 0.505. The first-order valence-electron chi connectivity index (χ1n) is 4.56. The third kappa shape index (κ3) is 3.87. The molecular formula is C10H13BrFNO2. The van der Waals surface area contributed by atoms with Gasteiger partial charge in [0.25, 0.3) is 0 Å². The average Bonchev–Trinajstić information content (AvgIpc) is 2.22. The molecule has 84 valence electrons. The first-order valence-corrected chi connectivity index (χ1v) is 5.35. The van der Waals surface area contributed by atoms with Crippen LogP contribution in [0.15, 0.2) is 22.7 Å². The van der Waals surface area contributed by atoms with Crippen molar-refractivity contribution in [2.75, 3.05) is 13.2 Å². The average molecular weight is 278 g/mol. The van der Waals surface area contributed by atoms with Crippen LogP contribution in [0.25, 0.3) is 0 Å². The Bertz CT molecular complexity index is 318. The van der Waals surface area contributed by atoms with Crippen LogP contribution in [0.2, 0.25) is 0 Å². The zero-order valence-electron chi connectivity index (χ0n) is 8.08. The molecule has 0 spiro atoms. The molecule has 3 N–H and O–H groups in total. The van der Waals surface area contributed by atoms with Crippen LogP contribution in [0.4, 0.5) is 4.39 Å². The van der Waals surface area contributed by atoms with Gasteiger partial charge in [0, 0.05) is 16.6 Å². The van der Waals surface area contributed by atoms with Crippen molar-refractivity contribution in [2.24, 2.45) is 0 Å². The second-order valence-corrected chi connectivity index (χ2v) is 4.09. The summed E-state index contributed by atoms with van der Waals surface area (Å²) in [6.07, 6.45) is 0. The van der Waals surface area contributed by atoms with Crippen molar-refractivity contribution in [2.45, 2.75) is 12.6 Å². The monoisotopic (exact) mass is 277 g/mol. The normalized spacial score (nSPS) is 11.0. The summed E-state index contributed by atoms with van der Waals surface area (Å²) < 4.78 is 14.0. The van der Waals surface area contributed by atoms with Crippen molar-refractivity contribution in [3.8, 4) is 0 Å². The van der Waals surface area contributed by atoms with Crippen LogP contribution in [0, 0.1) is 5.82 Å². The molecule has 1 aromatic carbocycles. The van der Waals surface area contributed by atoms with Gasteiger partial charge in [-0.05, 0) is 12.1 Å². The number of hydrogen-bond donors (Lipinski definition) is 3. The molecule has 0 aliphatic carbocycles. The van der Waals surface area contributed by atoms with E-state index in [0.717, 1.165) is 0 Å². The summed E-state index contributed by atoms with van der Waals surface area (Å²) in [5.74, 6) is -0.313. The zero-order valence-corrected chi connectivity index (χ0v) is 9.67. The Labute approximate surface area is 96.1 Å². The third-order valence-electron chi connectivity index (χ3n) is 2.04. The first-order chi connectivity index (χ1) is 7.17. The van der Waals surface area contributed by atoms with Crippen LogP contribution in [-0.2, 0) is 6.54 Å². The Morgan fingerprint density at radius 3 is 2.53 bits per heavy atom. The Morgan fingerprint density at radius 2 is 2.00 bits per heavy atom. The predicted octanol–water partition coefficient (Wildman–Crippen LogP) is 1.03. The van der Waals surface area contributed by atoms with E-state index in [0.29, 0.717) is 10.0 Å². The molecule has 0 saturated carbocycles. The van der Waals surface area contributed by atoms with E-state index in [2.05, 4.69) is 21.2 Å². The lowest BCUT2D eigenvalue weighted by Gasteiger charge is -2.13. The topological polar surface area (TPSA) is 52.5 Å². The summed E-state index contributed by atoms with van der Waals surface area (Å²) >= 11 is 3.16. The van der Waals surface area contributed by atoms with Crippen molar-refractivity contribution in [3.63, 3.8) is 0 Å². The number of halogens is 2. The smallest absolute Gasteiger partial charge is 0.128 e. The quantitative estimate of drug-likeness (QED) is 0.754. The highest BCUT2D eigenvalue weighted by Gasteiger charge is 2.07. The molecule has 0 aromatic heterocycles. The van der Waals surface area contributed by atoms with E-state index < -0.39 is 6.04 Å². The minimum atomic E-state index is -0.409. The minimum Gasteiger partial charge on any atom is -0.395 e. The lowest BCUT2D eigenvalue weighted by atomic mass is 10.2. The molecule has 0 radical (unpaired) electrons. The molecule has 0 heterocycles. The number of aliphatic hydroxyl groups is 2. The van der Waals surface area contributed by atoms with Gasteiger partial charge in [-0.3, -0.25) is 0 Å². The number of hydrogen-bond acceptors (Lipinski definition) is 3. The molecular weight excluding hydrogens is 265 g/mol. The van der Waals surface area contributed by atoms with Crippen molar-refractivity contribution in [1.29, 1.82) is 0 Å². The van der Waals surface area contributed by atoms with E-state index >= 15 is 0 Å². The van der Waals surface area contributed by atoms with Crippen LogP contribution in [0.1, 0.15) is 5.56 Å². The SMILES string of the molecule is OCC(CO)NCc1ccc(Br)cc1F. The fraction of sp³-hybridized carbons (Fsp3) is 0.400. The maximum absolute atomic E-state index is 13.3. The number of rotatable bonds is 5. The van der Waals surface area contributed by atoms with Gasteiger partial charge in [-0.1, -0.05) is 22.0 Å². The molecule has 0 unspecified atom stereocenters. The molecule has 0 amide bonds. The lowest BCUT2D eigenvalue weighted by Crippen LogP contribution is -2.35. The van der Waals surface area contributed by atoms with Gasteiger partial charge < -0.3 is 15.5 Å². The second-order valence-electron chi connectivity index (χ2n) is 3.18. The maximum Gasteiger partial charge on any atom is 0.128 e. The van der Waals surface area contributed by atoms with E-state index in [1.807, 2.05) is 0 Å². The number of aliphatic hydroxyl groups excluding tert-OH is 2. The molecule has 0 fully saturated rings. The van der Waals surface area contributed by atoms with Gasteiger partial charge in [0.15, 0.2) is 0 Å². The molecule has 0 bridgehead atoms. The van der Waals surface area contributed by atoms with Gasteiger partial charge in [0.05, 0.1) is 19.3 Å². The minimum absolute atomic E-state index is 0.172. The summed E-state index contributed by atoms with van der Waals surface area (Å²) in [6, 6.07) is 4.36. The highest BCUT2D eigenvalue weighted by molar-refractivity contribution is 9.10. The van der Waals surface area contributed by atoms with E-state index in [-0.39, 0.29) is 25.6 Å². The second kappa shape index (κ2) is 6.17. The van der Waals surface area contributed by atoms with Crippen LogP contribution >= 0.6 is 15.9 Å². The highest BCUT2D eigenvalue weighted by Crippen LogP contribution is 2.15. The standard InChI is InChI=1S/C10H13BrFNO2/c11-8-2-1-7(10(12)3-8)4-13-9(5-14)6-15/h1-3,9,13-15H,4-6H2. The summed E-state index contributed by atoms with van der Waals surface area (Å²) in [4.78, 5) is 0. The molecule has 0 saturated heterocycles. The van der Waals surface area contributed by atoms with Gasteiger partial charge >= 0.3 is 0 Å². The Balaban J connectivity index is 2.57. The fourth-order valence-corrected chi connectivity index (χ4v) is 1.44. The van der Waals surface area contributed by atoms with E-state index in [9.17, 15) is 4.39 Å². The largest absolute Gasteiger partial charge is 0.395 e. The van der Waals surface area contributed by atoms with Crippen molar-refractivity contribution in [3.05, 3.63) is 34.1 Å². The highest BCUT2D eigenvalue weighted by atomic mass is 79.9. The molecule has 0 aliphatic heterocycles. The zero-order chi connectivity index (χ0) is 11.3. The number of nitrogens with one attached hydrogen (secondary N) is 1. The van der Waals surface area contributed by atoms with Crippen LogP contribution in [-0.4, -0.2) is 29.5 Å². The molecule has 15 heavy (non-hydrogen) atoms. The molecule has 1 aromatic rings. The fourth-order valence-electron chi connectivity index (χ4n) is 1.11. The van der Waals surface area contributed by atoms with Crippen molar-refractivity contribution >= 4 is 15.9 Å². The van der Waals surface area contributed by atoms with Crippen molar-refractivity contribution in [1.82, 2.24) is 5.32 Å². The Morgan fingerprint density at radius 1 is 1.33 bits per heavy atom. The third-order valence-corrected chi connectivity index (χ3v) is 2.53. The first kappa shape index (κ1) is 12.6. The van der Waals surface area contributed by atoms with Crippen LogP contribution in [0.3, 0.4) is 0 Å². The molecule has 0 atom stereocenters. The van der Waals surface area contributed by atoms with Gasteiger partial charge in [-0.25, -0.2) is 4.39 Å². The van der Waals surface area contributed by atoms with E-state index in [1.165, 1.54) is 6.07 Å². The van der Waals surface area contributed by atoms with Gasteiger partial charge in [0.1, 0.15) is 5.82 Å². The van der Waals surface area contributed by atoms with Crippen LogP contribution in [0.5, 0.6) is 0 Å². The van der Waals surface area contributed by atoms with Crippen molar-refractivity contribution < 1.29 is 14.6 Å². The Hall–Kier alpha value is -0.490. The van der Waals surface area contributed by atoms with Gasteiger partial charge in [-0.2, -0.15) is 0 Å². The summed E-state index contributed by atoms with van der Waals surface area (Å²) in [5, 5.41) is 20.4. The van der Waals surface area contributed by atoms with Gasteiger partial charge in [0.2, 0.25) is 0 Å². The maximum atomic E-state index is 13.3. The lowest BCUT2D eigenvalue weighted by molar-refractivity contribution is 0.170. The van der Waals surface area contributed by atoms with Crippen LogP contribution < -0.4 is 5.32 Å². The molecule has 5 heteroatoms. The summed E-state index contributed by atoms with van der Waals surface area (Å²) in [7, 11) is 0. The Kier molecular flexibility index (Phi) is 5.17. The predicted molar refractivity (Wildman–Crippen MR) is 58.9 cm³/mol.